The first-order chi connectivity index (χ1) is 8.15. The van der Waals surface area contributed by atoms with Crippen molar-refractivity contribution in [3.8, 4) is 0 Å². The second-order valence-corrected chi connectivity index (χ2v) is 5.22. The quantitative estimate of drug-likeness (QED) is 0.284. The predicted molar refractivity (Wildman–Crippen MR) is 80.0 cm³/mol. The van der Waals surface area contributed by atoms with Crippen LogP contribution in [0, 0.1) is 5.92 Å². The Morgan fingerprint density at radius 1 is 1.29 bits per heavy atom. The van der Waals surface area contributed by atoms with Crippen molar-refractivity contribution in [1.29, 1.82) is 0 Å². The van der Waals surface area contributed by atoms with Crippen molar-refractivity contribution in [2.75, 3.05) is 12.9 Å². The van der Waals surface area contributed by atoms with Crippen LogP contribution in [0.5, 0.6) is 0 Å². The Labute approximate surface area is 116 Å². The number of unbranched alkanes of at least 4 members (excludes halogenated alkanes) is 1. The summed E-state index contributed by atoms with van der Waals surface area (Å²) in [5, 5.41) is 0. The van der Waals surface area contributed by atoms with Crippen LogP contribution in [0.25, 0.3) is 0 Å². The number of hydrogen-bond donors (Lipinski definition) is 1. The van der Waals surface area contributed by atoms with E-state index in [2.05, 4.69) is 24.3 Å². The highest BCUT2D eigenvalue weighted by Crippen LogP contribution is 2.19. The van der Waals surface area contributed by atoms with Gasteiger partial charge in [-0.15, -0.1) is 0 Å². The number of carbonyl (C=O) groups is 1. The van der Waals surface area contributed by atoms with Crippen LogP contribution in [0.1, 0.15) is 51.9 Å². The molecule has 0 aromatic heterocycles. The Balaban J connectivity index is 3.84. The largest absolute Gasteiger partial charge is 0.469 e. The Morgan fingerprint density at radius 2 is 2.00 bits per heavy atom. The zero-order valence-electron chi connectivity index (χ0n) is 10.9. The molecule has 0 aliphatic rings. The molecule has 2 nitrogen and oxygen atoms in total. The molecule has 0 spiro atoms. The van der Waals surface area contributed by atoms with Crippen molar-refractivity contribution in [2.24, 2.45) is 5.92 Å². The number of rotatable bonds is 10. The molecule has 100 valence electrons. The second kappa shape index (κ2) is 11.0. The molecule has 0 saturated carbocycles. The van der Waals surface area contributed by atoms with E-state index in [9.17, 15) is 4.79 Å². The summed E-state index contributed by atoms with van der Waals surface area (Å²) < 4.78 is 4.61. The summed E-state index contributed by atoms with van der Waals surface area (Å²) in [6.45, 7) is 2.15. The molecule has 1 atom stereocenters. The van der Waals surface area contributed by atoms with E-state index in [1.807, 2.05) is 0 Å². The number of ether oxygens (including phenoxy) is 1. The van der Waals surface area contributed by atoms with Gasteiger partial charge < -0.3 is 4.74 Å². The molecule has 0 amide bonds. The van der Waals surface area contributed by atoms with Crippen LogP contribution in [0.4, 0.5) is 0 Å². The molecule has 0 aromatic carbocycles. The molecule has 0 radical (unpaired) electrons. The van der Waals surface area contributed by atoms with E-state index < -0.39 is 0 Å². The number of thiocarbonyl (C=S) groups is 1. The minimum atomic E-state index is -0.119. The van der Waals surface area contributed by atoms with Gasteiger partial charge in [0.2, 0.25) is 0 Å². The van der Waals surface area contributed by atoms with E-state index in [-0.39, 0.29) is 5.97 Å². The summed E-state index contributed by atoms with van der Waals surface area (Å²) in [6.07, 6.45) is 6.73. The average Bonchev–Trinajstić information content (AvgIpc) is 2.32. The lowest BCUT2D eigenvalue weighted by Crippen LogP contribution is -2.13. The monoisotopic (exact) mass is 276 g/mol. The summed E-state index contributed by atoms with van der Waals surface area (Å²) in [5.74, 6) is 1.26. The number of esters is 1. The normalized spacial score (nSPS) is 12.2. The Kier molecular flexibility index (Phi) is 11.0. The van der Waals surface area contributed by atoms with Crippen LogP contribution in [0.2, 0.25) is 0 Å². The molecule has 0 rings (SSSR count). The highest BCUT2D eigenvalue weighted by molar-refractivity contribution is 7.80. The van der Waals surface area contributed by atoms with E-state index in [1.165, 1.54) is 12.0 Å². The lowest BCUT2D eigenvalue weighted by Gasteiger charge is -2.16. The molecule has 17 heavy (non-hydrogen) atoms. The fourth-order valence-corrected chi connectivity index (χ4v) is 2.59. The van der Waals surface area contributed by atoms with Crippen LogP contribution in [-0.2, 0) is 9.53 Å². The fourth-order valence-electron chi connectivity index (χ4n) is 1.83. The van der Waals surface area contributed by atoms with Crippen molar-refractivity contribution in [3.05, 3.63) is 0 Å². The van der Waals surface area contributed by atoms with Crippen LogP contribution in [0.15, 0.2) is 0 Å². The van der Waals surface area contributed by atoms with Gasteiger partial charge in [0.15, 0.2) is 0 Å². The molecule has 0 fully saturated rings. The first-order valence-electron chi connectivity index (χ1n) is 6.36. The summed E-state index contributed by atoms with van der Waals surface area (Å²) in [6, 6.07) is 0. The number of thiol groups is 1. The predicted octanol–water partition coefficient (Wildman–Crippen LogP) is 3.83. The maximum atomic E-state index is 11.0. The molecule has 0 aliphatic carbocycles. The summed E-state index contributed by atoms with van der Waals surface area (Å²) in [5.41, 5.74) is 0. The topological polar surface area (TPSA) is 26.3 Å². The summed E-state index contributed by atoms with van der Waals surface area (Å²) in [7, 11) is 1.43. The van der Waals surface area contributed by atoms with Crippen LogP contribution in [-0.4, -0.2) is 23.7 Å². The molecule has 0 bridgehead atoms. The third-order valence-electron chi connectivity index (χ3n) is 2.84. The number of carbonyl (C=O) groups excluding carboxylic acids is 1. The van der Waals surface area contributed by atoms with E-state index in [4.69, 9.17) is 12.2 Å². The molecule has 0 aromatic rings. The number of hydrogen-bond acceptors (Lipinski definition) is 4. The van der Waals surface area contributed by atoms with Gasteiger partial charge in [0.05, 0.1) is 7.11 Å². The summed E-state index contributed by atoms with van der Waals surface area (Å²) in [4.78, 5) is 12.1. The average molecular weight is 276 g/mol. The van der Waals surface area contributed by atoms with Crippen LogP contribution < -0.4 is 0 Å². The fraction of sp³-hybridized carbons (Fsp3) is 0.846. The van der Waals surface area contributed by atoms with E-state index >= 15 is 0 Å². The van der Waals surface area contributed by atoms with Crippen molar-refractivity contribution < 1.29 is 9.53 Å². The molecule has 0 heterocycles. The third kappa shape index (κ3) is 8.61. The zero-order chi connectivity index (χ0) is 13.1. The van der Waals surface area contributed by atoms with Gasteiger partial charge in [-0.2, -0.15) is 12.6 Å². The standard InChI is InChI=1S/C13H24O2S2/c1-3-6-12(17)11(9-10-16)7-4-5-8-13(14)15-2/h11,16H,3-10H2,1-2H3. The second-order valence-electron chi connectivity index (χ2n) is 4.25. The van der Waals surface area contributed by atoms with Gasteiger partial charge in [-0.05, 0) is 42.2 Å². The molecule has 0 saturated heterocycles. The van der Waals surface area contributed by atoms with Crippen molar-refractivity contribution in [3.63, 3.8) is 0 Å². The molecule has 4 heteroatoms. The highest BCUT2D eigenvalue weighted by atomic mass is 32.1. The number of methoxy groups -OCH3 is 1. The lowest BCUT2D eigenvalue weighted by atomic mass is 9.93. The lowest BCUT2D eigenvalue weighted by molar-refractivity contribution is -0.140. The Hall–Kier alpha value is -0.0900. The first kappa shape index (κ1) is 16.9. The Bertz CT molecular complexity index is 229. The van der Waals surface area contributed by atoms with Gasteiger partial charge in [-0.25, -0.2) is 0 Å². The van der Waals surface area contributed by atoms with E-state index in [1.54, 1.807) is 0 Å². The highest BCUT2D eigenvalue weighted by Gasteiger charge is 2.13. The van der Waals surface area contributed by atoms with Gasteiger partial charge >= 0.3 is 5.97 Å². The minimum Gasteiger partial charge on any atom is -0.469 e. The van der Waals surface area contributed by atoms with Gasteiger partial charge in [0.1, 0.15) is 0 Å². The van der Waals surface area contributed by atoms with Crippen molar-refractivity contribution >= 4 is 35.7 Å². The SMILES string of the molecule is CCCC(=S)C(CCS)CCCCC(=O)OC. The maximum absolute atomic E-state index is 11.0. The third-order valence-corrected chi connectivity index (χ3v) is 3.64. The first-order valence-corrected chi connectivity index (χ1v) is 7.40. The molecule has 0 aliphatic heterocycles. The molecular weight excluding hydrogens is 252 g/mol. The smallest absolute Gasteiger partial charge is 0.305 e. The van der Waals surface area contributed by atoms with E-state index in [0.717, 1.165) is 44.3 Å². The van der Waals surface area contributed by atoms with Gasteiger partial charge in [-0.1, -0.05) is 32.0 Å². The van der Waals surface area contributed by atoms with Gasteiger partial charge in [0.25, 0.3) is 0 Å². The van der Waals surface area contributed by atoms with Gasteiger partial charge in [-0.3, -0.25) is 4.79 Å². The molecule has 1 unspecified atom stereocenters. The maximum Gasteiger partial charge on any atom is 0.305 e. The summed E-state index contributed by atoms with van der Waals surface area (Å²) >= 11 is 9.72. The minimum absolute atomic E-state index is 0.119. The molecule has 0 N–H and O–H groups in total. The molecular formula is C13H24O2S2. The van der Waals surface area contributed by atoms with Gasteiger partial charge in [0, 0.05) is 6.42 Å². The zero-order valence-corrected chi connectivity index (χ0v) is 12.6. The van der Waals surface area contributed by atoms with E-state index in [0.29, 0.717) is 12.3 Å². The van der Waals surface area contributed by atoms with Crippen molar-refractivity contribution in [1.82, 2.24) is 0 Å². The van der Waals surface area contributed by atoms with Crippen molar-refractivity contribution in [2.45, 2.75) is 51.9 Å². The van der Waals surface area contributed by atoms with Crippen LogP contribution in [0.3, 0.4) is 0 Å². The van der Waals surface area contributed by atoms with Crippen LogP contribution >= 0.6 is 24.8 Å². The Morgan fingerprint density at radius 3 is 2.53 bits per heavy atom.